The molecule has 5 nitrogen and oxygen atoms in total. The van der Waals surface area contributed by atoms with Crippen LogP contribution >= 0.6 is 0 Å². The lowest BCUT2D eigenvalue weighted by Gasteiger charge is -2.32. The summed E-state index contributed by atoms with van der Waals surface area (Å²) < 4.78 is 20.4. The van der Waals surface area contributed by atoms with Crippen LogP contribution in [0.2, 0.25) is 0 Å². The fourth-order valence-electron chi connectivity index (χ4n) is 3.59. The largest absolute Gasteiger partial charge is 0.495 e. The highest BCUT2D eigenvalue weighted by atomic mass is 16.7. The molecule has 1 unspecified atom stereocenters. The Hall–Kier alpha value is -1.37. The molecule has 0 bridgehead atoms. The number of aromatic nitrogens is 2. The summed E-state index contributed by atoms with van der Waals surface area (Å²) in [5.41, 5.74) is 2.68. The molecule has 6 heteroatoms. The molecule has 0 saturated carbocycles. The van der Waals surface area contributed by atoms with Crippen molar-refractivity contribution < 1.29 is 14.0 Å². The number of rotatable bonds is 2. The lowest BCUT2D eigenvalue weighted by molar-refractivity contribution is -0.0366. The first kappa shape index (κ1) is 17.1. The van der Waals surface area contributed by atoms with Gasteiger partial charge in [-0.1, -0.05) is 6.07 Å². The van der Waals surface area contributed by atoms with Gasteiger partial charge in [0.15, 0.2) is 6.23 Å². The number of benzene rings is 1. The molecule has 134 valence electrons. The van der Waals surface area contributed by atoms with Crippen molar-refractivity contribution in [2.45, 2.75) is 71.3 Å². The molecule has 2 aliphatic heterocycles. The molecule has 1 aromatic heterocycles. The van der Waals surface area contributed by atoms with E-state index in [4.69, 9.17) is 14.0 Å². The van der Waals surface area contributed by atoms with Gasteiger partial charge in [-0.3, -0.25) is 0 Å². The van der Waals surface area contributed by atoms with E-state index in [2.05, 4.69) is 51.9 Å². The molecule has 1 aromatic carbocycles. The zero-order valence-corrected chi connectivity index (χ0v) is 15.8. The molecular formula is C19H27BN2O3. The van der Waals surface area contributed by atoms with E-state index in [1.807, 2.05) is 10.9 Å². The minimum Gasteiger partial charge on any atom is -0.399 e. The number of hydrogen-bond donors (Lipinski definition) is 0. The van der Waals surface area contributed by atoms with Crippen LogP contribution in [-0.4, -0.2) is 34.7 Å². The summed E-state index contributed by atoms with van der Waals surface area (Å²) in [5.74, 6) is 0. The molecule has 1 atom stereocenters. The zero-order valence-electron chi connectivity index (χ0n) is 15.8. The standard InChI is InChI=1S/C19H27BN2O3/c1-13-10-16-14(12-21-22(16)17-8-6-7-9-23-17)11-15(13)20-24-18(2,3)19(4,5)25-20/h10-12,17H,6-9H2,1-5H3. The third-order valence-corrected chi connectivity index (χ3v) is 5.92. The zero-order chi connectivity index (χ0) is 17.8. The van der Waals surface area contributed by atoms with Crippen LogP contribution < -0.4 is 5.46 Å². The number of fused-ring (bicyclic) bond motifs is 1. The van der Waals surface area contributed by atoms with Gasteiger partial charge in [0, 0.05) is 12.0 Å². The van der Waals surface area contributed by atoms with E-state index in [0.717, 1.165) is 41.4 Å². The van der Waals surface area contributed by atoms with Crippen LogP contribution in [-0.2, 0) is 14.0 Å². The number of hydrogen-bond acceptors (Lipinski definition) is 4. The second-order valence-electron chi connectivity index (χ2n) is 8.27. The molecule has 0 aliphatic carbocycles. The van der Waals surface area contributed by atoms with E-state index >= 15 is 0 Å². The molecule has 3 heterocycles. The van der Waals surface area contributed by atoms with Crippen LogP contribution in [0.1, 0.15) is 58.7 Å². The maximum atomic E-state index is 6.23. The summed E-state index contributed by atoms with van der Waals surface area (Å²) >= 11 is 0. The Kier molecular flexibility index (Phi) is 3.98. The lowest BCUT2D eigenvalue weighted by atomic mass is 9.76. The Morgan fingerprint density at radius 2 is 1.84 bits per heavy atom. The van der Waals surface area contributed by atoms with Gasteiger partial charge in [-0.15, -0.1) is 0 Å². The number of ether oxygens (including phenoxy) is 1. The Balaban J connectivity index is 1.70. The third-order valence-electron chi connectivity index (χ3n) is 5.92. The summed E-state index contributed by atoms with van der Waals surface area (Å²) in [4.78, 5) is 0. The molecule has 0 radical (unpaired) electrons. The predicted molar refractivity (Wildman–Crippen MR) is 99.0 cm³/mol. The Labute approximate surface area is 149 Å². The first-order valence-electron chi connectivity index (χ1n) is 9.23. The van der Waals surface area contributed by atoms with Crippen molar-refractivity contribution in [3.8, 4) is 0 Å². The van der Waals surface area contributed by atoms with Crippen molar-refractivity contribution in [3.05, 3.63) is 23.9 Å². The van der Waals surface area contributed by atoms with Gasteiger partial charge in [-0.2, -0.15) is 5.10 Å². The molecule has 2 fully saturated rings. The fourth-order valence-corrected chi connectivity index (χ4v) is 3.59. The molecule has 2 saturated heterocycles. The maximum absolute atomic E-state index is 6.23. The van der Waals surface area contributed by atoms with Gasteiger partial charge >= 0.3 is 7.12 Å². The van der Waals surface area contributed by atoms with Crippen LogP contribution in [0.15, 0.2) is 18.3 Å². The van der Waals surface area contributed by atoms with E-state index in [1.165, 1.54) is 6.42 Å². The van der Waals surface area contributed by atoms with Gasteiger partial charge in [0.2, 0.25) is 0 Å². The van der Waals surface area contributed by atoms with Gasteiger partial charge in [-0.25, -0.2) is 4.68 Å². The van der Waals surface area contributed by atoms with Crippen molar-refractivity contribution in [1.29, 1.82) is 0 Å². The Morgan fingerprint density at radius 3 is 2.48 bits per heavy atom. The van der Waals surface area contributed by atoms with Crippen molar-refractivity contribution >= 4 is 23.5 Å². The highest BCUT2D eigenvalue weighted by Gasteiger charge is 2.52. The SMILES string of the molecule is Cc1cc2c(cnn2C2CCCCO2)cc1B1OC(C)(C)C(C)(C)O1. The maximum Gasteiger partial charge on any atom is 0.495 e. The second-order valence-corrected chi connectivity index (χ2v) is 8.27. The predicted octanol–water partition coefficient (Wildman–Crippen LogP) is 3.34. The summed E-state index contributed by atoms with van der Waals surface area (Å²) in [6.07, 6.45) is 5.32. The van der Waals surface area contributed by atoms with Gasteiger partial charge in [0.1, 0.15) is 0 Å². The van der Waals surface area contributed by atoms with Gasteiger partial charge in [-0.05, 0) is 71.0 Å². The van der Waals surface area contributed by atoms with Crippen LogP contribution in [0.5, 0.6) is 0 Å². The van der Waals surface area contributed by atoms with Gasteiger partial charge in [0.25, 0.3) is 0 Å². The normalized spacial score (nSPS) is 25.6. The van der Waals surface area contributed by atoms with E-state index < -0.39 is 0 Å². The molecule has 4 rings (SSSR count). The molecule has 25 heavy (non-hydrogen) atoms. The lowest BCUT2D eigenvalue weighted by Crippen LogP contribution is -2.41. The van der Waals surface area contributed by atoms with Crippen molar-refractivity contribution in [3.63, 3.8) is 0 Å². The topological polar surface area (TPSA) is 45.5 Å². The highest BCUT2D eigenvalue weighted by Crippen LogP contribution is 2.37. The van der Waals surface area contributed by atoms with Crippen molar-refractivity contribution in [2.24, 2.45) is 0 Å². The third kappa shape index (κ3) is 2.80. The summed E-state index contributed by atoms with van der Waals surface area (Å²) in [6, 6.07) is 4.33. The summed E-state index contributed by atoms with van der Waals surface area (Å²) in [5, 5.41) is 5.70. The second kappa shape index (κ2) is 5.83. The van der Waals surface area contributed by atoms with Crippen molar-refractivity contribution in [1.82, 2.24) is 9.78 Å². The summed E-state index contributed by atoms with van der Waals surface area (Å²) in [6.45, 7) is 11.3. The van der Waals surface area contributed by atoms with E-state index in [-0.39, 0.29) is 24.5 Å². The Bertz CT molecular complexity index is 777. The minimum absolute atomic E-state index is 0.0494. The van der Waals surface area contributed by atoms with Crippen LogP contribution in [0.4, 0.5) is 0 Å². The molecule has 0 amide bonds. The van der Waals surface area contributed by atoms with E-state index in [9.17, 15) is 0 Å². The number of aryl methyl sites for hydroxylation is 1. The van der Waals surface area contributed by atoms with Crippen LogP contribution in [0, 0.1) is 6.92 Å². The average molecular weight is 342 g/mol. The van der Waals surface area contributed by atoms with Crippen LogP contribution in [0.25, 0.3) is 10.9 Å². The van der Waals surface area contributed by atoms with Crippen molar-refractivity contribution in [2.75, 3.05) is 6.61 Å². The monoisotopic (exact) mass is 342 g/mol. The smallest absolute Gasteiger partial charge is 0.399 e. The molecule has 2 aliphatic rings. The molecule has 0 N–H and O–H groups in total. The number of nitrogens with zero attached hydrogens (tertiary/aromatic N) is 2. The quantitative estimate of drug-likeness (QED) is 0.786. The van der Waals surface area contributed by atoms with E-state index in [1.54, 1.807) is 0 Å². The molecular weight excluding hydrogens is 315 g/mol. The first-order valence-corrected chi connectivity index (χ1v) is 9.23. The highest BCUT2D eigenvalue weighted by molar-refractivity contribution is 6.63. The first-order chi connectivity index (χ1) is 11.8. The summed E-state index contributed by atoms with van der Waals surface area (Å²) in [7, 11) is -0.344. The van der Waals surface area contributed by atoms with Crippen LogP contribution in [0.3, 0.4) is 0 Å². The minimum atomic E-state index is -0.344. The fraction of sp³-hybridized carbons (Fsp3) is 0.632. The Morgan fingerprint density at radius 1 is 1.12 bits per heavy atom. The average Bonchev–Trinajstić information content (AvgIpc) is 3.05. The van der Waals surface area contributed by atoms with E-state index in [0.29, 0.717) is 0 Å². The van der Waals surface area contributed by atoms with Gasteiger partial charge < -0.3 is 14.0 Å². The molecule has 2 aromatic rings. The van der Waals surface area contributed by atoms with Gasteiger partial charge in [0.05, 0.1) is 22.9 Å². The molecule has 0 spiro atoms.